The number of Topliss-reactive ketones (excluding diaryl/α,β-unsaturated/α-hetero) is 2. The molecule has 1 aromatic rings. The molecule has 4 heteroatoms. The van der Waals surface area contributed by atoms with Crippen LogP contribution in [0.25, 0.3) is 0 Å². The normalized spacial score (nSPS) is 13.9. The number of esters is 1. The molecule has 1 aliphatic rings. The number of benzene rings is 1. The lowest BCUT2D eigenvalue weighted by Gasteiger charge is -2.18. The lowest BCUT2D eigenvalue weighted by molar-refractivity contribution is -0.139. The monoisotopic (exact) mass is 396 g/mol. The Balaban J connectivity index is 2.08. The van der Waals surface area contributed by atoms with Gasteiger partial charge in [0.05, 0.1) is 5.57 Å². The van der Waals surface area contributed by atoms with Crippen molar-refractivity contribution >= 4 is 17.5 Å². The molecule has 1 aliphatic carbocycles. The SMILES string of the molecule is CCCCCCCCCC=CC1=C(OC(=O)CCC)C(=O)c2ccccc2C1=O. The molecule has 0 aliphatic heterocycles. The van der Waals surface area contributed by atoms with E-state index >= 15 is 0 Å². The van der Waals surface area contributed by atoms with Gasteiger partial charge in [0.1, 0.15) is 0 Å². The van der Waals surface area contributed by atoms with Crippen LogP contribution in [0, 0.1) is 0 Å². The number of ketones is 2. The van der Waals surface area contributed by atoms with Gasteiger partial charge >= 0.3 is 5.97 Å². The van der Waals surface area contributed by atoms with Crippen LogP contribution >= 0.6 is 0 Å². The molecule has 0 atom stereocenters. The highest BCUT2D eigenvalue weighted by molar-refractivity contribution is 6.27. The van der Waals surface area contributed by atoms with E-state index in [9.17, 15) is 14.4 Å². The number of carbonyl (C=O) groups excluding carboxylic acids is 3. The van der Waals surface area contributed by atoms with Gasteiger partial charge in [-0.3, -0.25) is 14.4 Å². The second-order valence-electron chi connectivity index (χ2n) is 7.48. The summed E-state index contributed by atoms with van der Waals surface area (Å²) in [7, 11) is 0. The van der Waals surface area contributed by atoms with Crippen LogP contribution in [-0.4, -0.2) is 17.5 Å². The Hall–Kier alpha value is -2.49. The predicted octanol–water partition coefficient (Wildman–Crippen LogP) is 6.36. The van der Waals surface area contributed by atoms with Gasteiger partial charge in [0.15, 0.2) is 11.5 Å². The van der Waals surface area contributed by atoms with Crippen molar-refractivity contribution in [2.45, 2.75) is 78.1 Å². The molecule has 29 heavy (non-hydrogen) atoms. The molecule has 0 bridgehead atoms. The highest BCUT2D eigenvalue weighted by Gasteiger charge is 2.33. The molecule has 2 rings (SSSR count). The minimum Gasteiger partial charge on any atom is -0.421 e. The van der Waals surface area contributed by atoms with Gasteiger partial charge in [0, 0.05) is 17.5 Å². The van der Waals surface area contributed by atoms with Crippen LogP contribution in [0.5, 0.6) is 0 Å². The number of fused-ring (bicyclic) bond motifs is 1. The lowest BCUT2D eigenvalue weighted by atomic mass is 9.87. The van der Waals surface area contributed by atoms with E-state index < -0.39 is 11.8 Å². The minimum absolute atomic E-state index is 0.136. The zero-order valence-electron chi connectivity index (χ0n) is 17.7. The predicted molar refractivity (Wildman–Crippen MR) is 115 cm³/mol. The molecule has 0 fully saturated rings. The third-order valence-electron chi connectivity index (χ3n) is 5.04. The van der Waals surface area contributed by atoms with Crippen LogP contribution in [0.4, 0.5) is 0 Å². The first-order valence-electron chi connectivity index (χ1n) is 10.9. The molecule has 4 nitrogen and oxygen atoms in total. The Morgan fingerprint density at radius 3 is 2.14 bits per heavy atom. The molecule has 0 unspecified atom stereocenters. The molecular weight excluding hydrogens is 364 g/mol. The van der Waals surface area contributed by atoms with Gasteiger partial charge in [0.25, 0.3) is 0 Å². The van der Waals surface area contributed by atoms with Gasteiger partial charge in [-0.05, 0) is 19.3 Å². The fourth-order valence-electron chi connectivity index (χ4n) is 3.41. The largest absolute Gasteiger partial charge is 0.421 e. The average molecular weight is 397 g/mol. The van der Waals surface area contributed by atoms with Crippen LogP contribution in [0.15, 0.2) is 47.7 Å². The van der Waals surface area contributed by atoms with E-state index in [-0.39, 0.29) is 23.5 Å². The second kappa shape index (κ2) is 12.2. The van der Waals surface area contributed by atoms with E-state index in [1.165, 1.54) is 32.1 Å². The fraction of sp³-hybridized carbons (Fsp3) is 0.480. The Kier molecular flexibility index (Phi) is 9.55. The number of rotatable bonds is 12. The second-order valence-corrected chi connectivity index (χ2v) is 7.48. The Bertz CT molecular complexity index is 786. The summed E-state index contributed by atoms with van der Waals surface area (Å²) in [5.41, 5.74) is 0.838. The summed E-state index contributed by atoms with van der Waals surface area (Å²) < 4.78 is 5.34. The van der Waals surface area contributed by atoms with Crippen LogP contribution in [0.2, 0.25) is 0 Å². The van der Waals surface area contributed by atoms with Crippen molar-refractivity contribution in [1.82, 2.24) is 0 Å². The van der Waals surface area contributed by atoms with Crippen LogP contribution in [0.3, 0.4) is 0 Å². The number of carbonyl (C=O) groups is 3. The van der Waals surface area contributed by atoms with Crippen molar-refractivity contribution in [3.63, 3.8) is 0 Å². The topological polar surface area (TPSA) is 60.4 Å². The van der Waals surface area contributed by atoms with E-state index in [2.05, 4.69) is 6.92 Å². The molecule has 0 saturated heterocycles. The van der Waals surface area contributed by atoms with E-state index in [1.807, 2.05) is 13.0 Å². The maximum atomic E-state index is 12.9. The smallest absolute Gasteiger partial charge is 0.311 e. The molecule has 0 aromatic heterocycles. The summed E-state index contributed by atoms with van der Waals surface area (Å²) in [5.74, 6) is -1.29. The van der Waals surface area contributed by atoms with E-state index in [4.69, 9.17) is 4.74 Å². The first kappa shape index (κ1) is 22.8. The summed E-state index contributed by atoms with van der Waals surface area (Å²) in [6, 6.07) is 6.68. The van der Waals surface area contributed by atoms with Gasteiger partial charge in [-0.25, -0.2) is 0 Å². The Morgan fingerprint density at radius 1 is 0.862 bits per heavy atom. The average Bonchev–Trinajstić information content (AvgIpc) is 2.72. The number of unbranched alkanes of at least 4 members (excludes halogenated alkanes) is 7. The van der Waals surface area contributed by atoms with Gasteiger partial charge < -0.3 is 4.74 Å². The lowest BCUT2D eigenvalue weighted by Crippen LogP contribution is -2.24. The van der Waals surface area contributed by atoms with E-state index in [0.717, 1.165) is 19.3 Å². The molecule has 156 valence electrons. The highest BCUT2D eigenvalue weighted by Crippen LogP contribution is 2.28. The number of hydrogen-bond donors (Lipinski definition) is 0. The number of hydrogen-bond acceptors (Lipinski definition) is 4. The molecule has 0 saturated carbocycles. The zero-order chi connectivity index (χ0) is 21.1. The first-order valence-corrected chi connectivity index (χ1v) is 10.9. The Morgan fingerprint density at radius 2 is 1.48 bits per heavy atom. The third-order valence-corrected chi connectivity index (χ3v) is 5.04. The van der Waals surface area contributed by atoms with Crippen molar-refractivity contribution in [3.8, 4) is 0 Å². The zero-order valence-corrected chi connectivity index (χ0v) is 17.7. The molecule has 1 aromatic carbocycles. The van der Waals surface area contributed by atoms with Gasteiger partial charge in [-0.2, -0.15) is 0 Å². The molecule has 0 N–H and O–H groups in total. The third kappa shape index (κ3) is 6.52. The molecule has 0 radical (unpaired) electrons. The van der Waals surface area contributed by atoms with Crippen molar-refractivity contribution in [2.24, 2.45) is 0 Å². The summed E-state index contributed by atoms with van der Waals surface area (Å²) >= 11 is 0. The molecule has 0 heterocycles. The molecule has 0 spiro atoms. The quantitative estimate of drug-likeness (QED) is 0.305. The van der Waals surface area contributed by atoms with Crippen molar-refractivity contribution < 1.29 is 19.1 Å². The van der Waals surface area contributed by atoms with E-state index in [0.29, 0.717) is 17.5 Å². The van der Waals surface area contributed by atoms with Crippen molar-refractivity contribution in [1.29, 1.82) is 0 Å². The van der Waals surface area contributed by atoms with Gasteiger partial charge in [0.2, 0.25) is 5.78 Å². The van der Waals surface area contributed by atoms with Crippen LogP contribution in [0.1, 0.15) is 98.8 Å². The van der Waals surface area contributed by atoms with E-state index in [1.54, 1.807) is 30.3 Å². The maximum Gasteiger partial charge on any atom is 0.311 e. The number of ether oxygens (including phenoxy) is 1. The summed E-state index contributed by atoms with van der Waals surface area (Å²) in [6.07, 6.45) is 13.8. The van der Waals surface area contributed by atoms with Crippen molar-refractivity contribution in [2.75, 3.05) is 0 Å². The summed E-state index contributed by atoms with van der Waals surface area (Å²) in [6.45, 7) is 4.07. The van der Waals surface area contributed by atoms with Crippen LogP contribution < -0.4 is 0 Å². The maximum absolute atomic E-state index is 12.9. The van der Waals surface area contributed by atoms with Crippen molar-refractivity contribution in [3.05, 3.63) is 58.9 Å². The standard InChI is InChI=1S/C25H32O4/c1-3-5-6-7-8-9-10-11-12-18-21-23(27)19-16-13-14-17-20(19)24(28)25(21)29-22(26)15-4-2/h12-14,16-18H,3-11,15H2,1-2H3. The van der Waals surface area contributed by atoms with Gasteiger partial charge in [-0.15, -0.1) is 0 Å². The molecule has 0 amide bonds. The van der Waals surface area contributed by atoms with Crippen LogP contribution in [-0.2, 0) is 9.53 Å². The Labute approximate surface area is 174 Å². The minimum atomic E-state index is -0.485. The molecular formula is C25H32O4. The highest BCUT2D eigenvalue weighted by atomic mass is 16.5. The first-order chi connectivity index (χ1) is 14.1. The summed E-state index contributed by atoms with van der Waals surface area (Å²) in [5, 5.41) is 0. The fourth-order valence-corrected chi connectivity index (χ4v) is 3.41. The van der Waals surface area contributed by atoms with Gasteiger partial charge in [-0.1, -0.05) is 88.8 Å². The summed E-state index contributed by atoms with van der Waals surface area (Å²) in [4.78, 5) is 37.8. The number of allylic oxidation sites excluding steroid dienone is 4.